The minimum atomic E-state index is -0.192. The van der Waals surface area contributed by atoms with Crippen LogP contribution in [0.25, 0.3) is 0 Å². The number of amides is 1. The van der Waals surface area contributed by atoms with Gasteiger partial charge in [0.25, 0.3) is 5.91 Å². The van der Waals surface area contributed by atoms with Crippen molar-refractivity contribution in [3.8, 4) is 0 Å². The predicted octanol–water partition coefficient (Wildman–Crippen LogP) is 2.32. The number of hydrogen-bond donors (Lipinski definition) is 2. The van der Waals surface area contributed by atoms with E-state index in [1.54, 1.807) is 12.1 Å². The van der Waals surface area contributed by atoms with E-state index in [0.29, 0.717) is 15.0 Å². The van der Waals surface area contributed by atoms with Gasteiger partial charge in [-0.15, -0.1) is 10.2 Å². The Morgan fingerprint density at radius 3 is 2.67 bits per heavy atom. The van der Waals surface area contributed by atoms with Gasteiger partial charge in [0.05, 0.1) is 0 Å². The highest BCUT2D eigenvalue weighted by Gasteiger charge is 2.09. The monoisotopic (exact) mass is 280 g/mol. The molecule has 0 fully saturated rings. The van der Waals surface area contributed by atoms with E-state index in [0.717, 1.165) is 18.4 Å². The highest BCUT2D eigenvalue weighted by molar-refractivity contribution is 7.98. The van der Waals surface area contributed by atoms with E-state index in [1.165, 1.54) is 16.9 Å². The van der Waals surface area contributed by atoms with Crippen LogP contribution in [0.4, 0.5) is 5.13 Å². The van der Waals surface area contributed by atoms with Crippen LogP contribution in [0.5, 0.6) is 0 Å². The maximum atomic E-state index is 11.9. The molecule has 0 aliphatic rings. The fraction of sp³-hybridized carbons (Fsp3) is 0.182. The second-order valence-corrected chi connectivity index (χ2v) is 5.35. The average molecular weight is 280 g/mol. The number of aromatic nitrogens is 2. The average Bonchev–Trinajstić information content (AvgIpc) is 2.86. The van der Waals surface area contributed by atoms with Gasteiger partial charge >= 0.3 is 0 Å². The third-order valence-corrected chi connectivity index (χ3v) is 3.81. The third kappa shape index (κ3) is 3.06. The maximum absolute atomic E-state index is 11.9. The Bertz CT molecular complexity index is 538. The molecule has 1 aromatic carbocycles. The maximum Gasteiger partial charge on any atom is 0.257 e. The molecule has 0 aliphatic carbocycles. The molecule has 94 valence electrons. The fourth-order valence-corrected chi connectivity index (χ4v) is 2.36. The topological polar surface area (TPSA) is 80.9 Å². The molecule has 0 saturated heterocycles. The standard InChI is InChI=1S/C11H12N4OS2/c1-2-7-3-5-8(6-4-7)9(16)13-10-14-15-11(17-10)18-12/h3-6H,2,12H2,1H3,(H,13,14,16). The molecule has 0 unspecified atom stereocenters. The number of hydrogen-bond acceptors (Lipinski definition) is 6. The summed E-state index contributed by atoms with van der Waals surface area (Å²) in [5.74, 6) is -0.192. The summed E-state index contributed by atoms with van der Waals surface area (Å²) in [6, 6.07) is 7.48. The van der Waals surface area contributed by atoms with Crippen molar-refractivity contribution in [2.75, 3.05) is 5.32 Å². The number of nitrogens with zero attached hydrogens (tertiary/aromatic N) is 2. The van der Waals surface area contributed by atoms with Crippen molar-refractivity contribution < 1.29 is 4.79 Å². The number of carbonyl (C=O) groups excluding carboxylic acids is 1. The molecule has 2 aromatic rings. The summed E-state index contributed by atoms with van der Waals surface area (Å²) in [4.78, 5) is 11.9. The first-order valence-electron chi connectivity index (χ1n) is 5.33. The number of benzene rings is 1. The first kappa shape index (κ1) is 13.0. The molecule has 0 radical (unpaired) electrons. The zero-order valence-corrected chi connectivity index (χ0v) is 11.3. The second-order valence-electron chi connectivity index (χ2n) is 3.50. The fourth-order valence-electron chi connectivity index (χ4n) is 1.37. The highest BCUT2D eigenvalue weighted by atomic mass is 32.2. The number of anilines is 1. The summed E-state index contributed by atoms with van der Waals surface area (Å²) in [5.41, 5.74) is 1.80. The van der Waals surface area contributed by atoms with Crippen molar-refractivity contribution >= 4 is 34.3 Å². The minimum absolute atomic E-state index is 0.192. The lowest BCUT2D eigenvalue weighted by molar-refractivity contribution is 0.102. The number of nitrogens with two attached hydrogens (primary N) is 1. The van der Waals surface area contributed by atoms with E-state index in [-0.39, 0.29) is 5.91 Å². The molecule has 18 heavy (non-hydrogen) atoms. The van der Waals surface area contributed by atoms with E-state index >= 15 is 0 Å². The van der Waals surface area contributed by atoms with Gasteiger partial charge in [-0.3, -0.25) is 15.3 Å². The summed E-state index contributed by atoms with van der Waals surface area (Å²) >= 11 is 2.26. The smallest absolute Gasteiger partial charge is 0.257 e. The Morgan fingerprint density at radius 2 is 2.11 bits per heavy atom. The largest absolute Gasteiger partial charge is 0.296 e. The Hall–Kier alpha value is -1.44. The molecular formula is C11H12N4OS2. The molecule has 0 aliphatic heterocycles. The Kier molecular flexibility index (Phi) is 4.29. The van der Waals surface area contributed by atoms with E-state index in [2.05, 4.69) is 22.4 Å². The molecule has 1 amide bonds. The Labute approximate surface area is 113 Å². The lowest BCUT2D eigenvalue weighted by Crippen LogP contribution is -2.11. The summed E-state index contributed by atoms with van der Waals surface area (Å²) in [6.45, 7) is 2.07. The van der Waals surface area contributed by atoms with Crippen LogP contribution in [0.15, 0.2) is 28.6 Å². The lowest BCUT2D eigenvalue weighted by atomic mass is 10.1. The quantitative estimate of drug-likeness (QED) is 0.663. The van der Waals surface area contributed by atoms with E-state index in [1.807, 2.05) is 12.1 Å². The van der Waals surface area contributed by atoms with Gasteiger partial charge in [-0.05, 0) is 36.1 Å². The zero-order chi connectivity index (χ0) is 13.0. The van der Waals surface area contributed by atoms with Gasteiger partial charge in [-0.1, -0.05) is 30.4 Å². The summed E-state index contributed by atoms with van der Waals surface area (Å²) in [6.07, 6.45) is 0.954. The summed E-state index contributed by atoms with van der Waals surface area (Å²) < 4.78 is 0.617. The van der Waals surface area contributed by atoms with E-state index in [9.17, 15) is 4.79 Å². The zero-order valence-electron chi connectivity index (χ0n) is 9.71. The number of nitrogens with one attached hydrogen (secondary N) is 1. The van der Waals surface area contributed by atoms with Gasteiger partial charge in [0, 0.05) is 5.56 Å². The van der Waals surface area contributed by atoms with Crippen molar-refractivity contribution in [1.82, 2.24) is 10.2 Å². The van der Waals surface area contributed by atoms with Crippen molar-refractivity contribution in [2.45, 2.75) is 17.7 Å². The second kappa shape index (κ2) is 5.94. The molecule has 0 bridgehead atoms. The van der Waals surface area contributed by atoms with Crippen molar-refractivity contribution in [1.29, 1.82) is 0 Å². The van der Waals surface area contributed by atoms with Gasteiger partial charge in [-0.2, -0.15) is 0 Å². The van der Waals surface area contributed by atoms with Crippen LogP contribution in [-0.2, 0) is 6.42 Å². The summed E-state index contributed by atoms with van der Waals surface area (Å²) in [5, 5.41) is 16.1. The van der Waals surface area contributed by atoms with Crippen molar-refractivity contribution in [2.24, 2.45) is 5.14 Å². The van der Waals surface area contributed by atoms with E-state index in [4.69, 9.17) is 5.14 Å². The number of carbonyl (C=O) groups is 1. The lowest BCUT2D eigenvalue weighted by Gasteiger charge is -2.02. The van der Waals surface area contributed by atoms with Crippen LogP contribution in [0.1, 0.15) is 22.8 Å². The number of aryl methyl sites for hydroxylation is 1. The van der Waals surface area contributed by atoms with Crippen molar-refractivity contribution in [3.63, 3.8) is 0 Å². The normalized spacial score (nSPS) is 10.3. The number of rotatable bonds is 4. The molecule has 1 aromatic heterocycles. The van der Waals surface area contributed by atoms with Crippen LogP contribution in [0, 0.1) is 0 Å². The van der Waals surface area contributed by atoms with Gasteiger partial charge in [-0.25, -0.2) is 0 Å². The first-order valence-corrected chi connectivity index (χ1v) is 7.03. The Balaban J connectivity index is 2.06. The molecule has 1 heterocycles. The summed E-state index contributed by atoms with van der Waals surface area (Å²) in [7, 11) is 0. The molecule has 0 saturated carbocycles. The van der Waals surface area contributed by atoms with Gasteiger partial charge in [0.2, 0.25) is 5.13 Å². The van der Waals surface area contributed by atoms with Crippen LogP contribution < -0.4 is 10.5 Å². The predicted molar refractivity (Wildman–Crippen MR) is 73.7 cm³/mol. The van der Waals surface area contributed by atoms with Crippen molar-refractivity contribution in [3.05, 3.63) is 35.4 Å². The molecule has 2 rings (SSSR count). The molecule has 0 spiro atoms. The van der Waals surface area contributed by atoms with Gasteiger partial charge < -0.3 is 0 Å². The van der Waals surface area contributed by atoms with E-state index < -0.39 is 0 Å². The SMILES string of the molecule is CCc1ccc(C(=O)Nc2nnc(SN)s2)cc1. The molecule has 7 heteroatoms. The third-order valence-electron chi connectivity index (χ3n) is 2.35. The molecule has 5 nitrogen and oxygen atoms in total. The minimum Gasteiger partial charge on any atom is -0.296 e. The Morgan fingerprint density at radius 1 is 1.39 bits per heavy atom. The molecule has 3 N–H and O–H groups in total. The first-order chi connectivity index (χ1) is 8.72. The van der Waals surface area contributed by atoms with Gasteiger partial charge in [0.1, 0.15) is 0 Å². The molecule has 0 atom stereocenters. The van der Waals surface area contributed by atoms with Crippen LogP contribution in [-0.4, -0.2) is 16.1 Å². The van der Waals surface area contributed by atoms with Crippen LogP contribution in [0.2, 0.25) is 0 Å². The van der Waals surface area contributed by atoms with Crippen LogP contribution in [0.3, 0.4) is 0 Å². The highest BCUT2D eigenvalue weighted by Crippen LogP contribution is 2.21. The molecular weight excluding hydrogens is 268 g/mol. The van der Waals surface area contributed by atoms with Gasteiger partial charge in [0.15, 0.2) is 4.34 Å². The van der Waals surface area contributed by atoms with Crippen LogP contribution >= 0.6 is 23.3 Å².